The van der Waals surface area contributed by atoms with Gasteiger partial charge >= 0.3 is 12.0 Å². The van der Waals surface area contributed by atoms with Gasteiger partial charge in [-0.3, -0.25) is 0 Å². The average Bonchev–Trinajstić information content (AvgIpc) is 2.71. The molecule has 0 saturated carbocycles. The molecule has 2 aromatic carbocycles. The fraction of sp³-hybridized carbons (Fsp3) is 0.273. The second-order valence-corrected chi connectivity index (χ2v) is 6.85. The van der Waals surface area contributed by atoms with E-state index in [4.69, 9.17) is 9.47 Å². The molecule has 0 aromatic heterocycles. The van der Waals surface area contributed by atoms with Crippen LogP contribution < -0.4 is 20.3 Å². The van der Waals surface area contributed by atoms with Crippen LogP contribution in [0.3, 0.4) is 0 Å². The van der Waals surface area contributed by atoms with E-state index in [2.05, 4.69) is 10.6 Å². The van der Waals surface area contributed by atoms with E-state index >= 15 is 0 Å². The highest BCUT2D eigenvalue weighted by Gasteiger charge is 2.32. The van der Waals surface area contributed by atoms with Gasteiger partial charge in [0.1, 0.15) is 19.0 Å². The summed E-state index contributed by atoms with van der Waals surface area (Å²) in [6.45, 7) is 2.03. The lowest BCUT2D eigenvalue weighted by Gasteiger charge is -2.28. The van der Waals surface area contributed by atoms with Crippen LogP contribution in [-0.4, -0.2) is 39.3 Å². The molecule has 0 saturated heterocycles. The molecular formula is C22H25N3O4. The first-order valence-corrected chi connectivity index (χ1v) is 9.36. The number of carbonyl (C=O) groups is 2. The van der Waals surface area contributed by atoms with Crippen LogP contribution in [0.2, 0.25) is 0 Å². The Bertz CT molecular complexity index is 892. The highest BCUT2D eigenvalue weighted by Crippen LogP contribution is 2.28. The summed E-state index contributed by atoms with van der Waals surface area (Å²) in [6.07, 6.45) is 0. The van der Waals surface area contributed by atoms with E-state index in [1.807, 2.05) is 73.6 Å². The Balaban J connectivity index is 1.69. The Labute approximate surface area is 170 Å². The number of rotatable bonds is 7. The van der Waals surface area contributed by atoms with Gasteiger partial charge in [0.15, 0.2) is 0 Å². The van der Waals surface area contributed by atoms with Gasteiger partial charge in [0.2, 0.25) is 0 Å². The van der Waals surface area contributed by atoms with Crippen LogP contribution in [0.5, 0.6) is 5.75 Å². The second kappa shape index (κ2) is 9.14. The molecule has 1 aliphatic rings. The van der Waals surface area contributed by atoms with Gasteiger partial charge in [0.05, 0.1) is 11.6 Å². The molecule has 0 fully saturated rings. The van der Waals surface area contributed by atoms with Crippen LogP contribution in [0, 0.1) is 0 Å². The molecule has 0 aliphatic carbocycles. The molecule has 7 heteroatoms. The summed E-state index contributed by atoms with van der Waals surface area (Å²) in [5.41, 5.74) is 2.68. The SMILES string of the molecule is CC1=C(C(=O)OCCOc2ccccc2)[C@H](c2ccc(N(C)C)cc2)NC(=O)N1. The van der Waals surface area contributed by atoms with Crippen LogP contribution in [0.25, 0.3) is 0 Å². The molecular weight excluding hydrogens is 370 g/mol. The highest BCUT2D eigenvalue weighted by atomic mass is 16.6. The van der Waals surface area contributed by atoms with Gasteiger partial charge in [-0.25, -0.2) is 9.59 Å². The Morgan fingerprint density at radius 2 is 1.72 bits per heavy atom. The standard InChI is InChI=1S/C22H25N3O4/c1-15-19(21(26)29-14-13-28-18-7-5-4-6-8-18)20(24-22(27)23-15)16-9-11-17(12-10-16)25(2)3/h4-12,20H,13-14H2,1-3H3,(H2,23,24,27)/t20-/m0/s1. The van der Waals surface area contributed by atoms with Crippen LogP contribution in [0.4, 0.5) is 10.5 Å². The summed E-state index contributed by atoms with van der Waals surface area (Å²) < 4.78 is 11.0. The van der Waals surface area contributed by atoms with Crippen molar-refractivity contribution >= 4 is 17.7 Å². The number of nitrogens with one attached hydrogen (secondary N) is 2. The maximum absolute atomic E-state index is 12.8. The van der Waals surface area contributed by atoms with Gasteiger partial charge in [0, 0.05) is 25.5 Å². The quantitative estimate of drug-likeness (QED) is 0.557. The summed E-state index contributed by atoms with van der Waals surface area (Å²) in [6, 6.07) is 16.1. The summed E-state index contributed by atoms with van der Waals surface area (Å²) in [5.74, 6) is 0.220. The molecule has 152 valence electrons. The summed E-state index contributed by atoms with van der Waals surface area (Å²) >= 11 is 0. The number of ether oxygens (including phenoxy) is 2. The van der Waals surface area contributed by atoms with Crippen LogP contribution >= 0.6 is 0 Å². The van der Waals surface area contributed by atoms with Gasteiger partial charge < -0.3 is 25.0 Å². The normalized spacial score (nSPS) is 16.0. The monoisotopic (exact) mass is 395 g/mol. The zero-order valence-electron chi connectivity index (χ0n) is 16.8. The predicted molar refractivity (Wildman–Crippen MR) is 111 cm³/mol. The molecule has 2 amide bonds. The van der Waals surface area contributed by atoms with E-state index in [1.165, 1.54) is 0 Å². The van der Waals surface area contributed by atoms with Gasteiger partial charge in [-0.05, 0) is 36.8 Å². The molecule has 2 N–H and O–H groups in total. The fourth-order valence-corrected chi connectivity index (χ4v) is 3.07. The summed E-state index contributed by atoms with van der Waals surface area (Å²) in [4.78, 5) is 26.7. The third-order valence-electron chi connectivity index (χ3n) is 4.56. The largest absolute Gasteiger partial charge is 0.490 e. The molecule has 1 aliphatic heterocycles. The van der Waals surface area contributed by atoms with Crippen molar-refractivity contribution in [1.29, 1.82) is 0 Å². The highest BCUT2D eigenvalue weighted by molar-refractivity contribution is 5.95. The molecule has 1 atom stereocenters. The number of para-hydroxylation sites is 1. The average molecular weight is 395 g/mol. The van der Waals surface area contributed by atoms with E-state index in [9.17, 15) is 9.59 Å². The van der Waals surface area contributed by atoms with Crippen molar-refractivity contribution < 1.29 is 19.1 Å². The molecule has 2 aromatic rings. The molecule has 3 rings (SSSR count). The molecule has 1 heterocycles. The van der Waals surface area contributed by atoms with E-state index in [0.29, 0.717) is 17.0 Å². The summed E-state index contributed by atoms with van der Waals surface area (Å²) in [7, 11) is 3.90. The van der Waals surface area contributed by atoms with Gasteiger partial charge in [-0.15, -0.1) is 0 Å². The minimum Gasteiger partial charge on any atom is -0.490 e. The lowest BCUT2D eigenvalue weighted by molar-refractivity contribution is -0.140. The first-order valence-electron chi connectivity index (χ1n) is 9.36. The first-order chi connectivity index (χ1) is 14.0. The predicted octanol–water partition coefficient (Wildman–Crippen LogP) is 3.00. The number of anilines is 1. The van der Waals surface area contributed by atoms with Crippen LogP contribution in [0.15, 0.2) is 65.9 Å². The fourth-order valence-electron chi connectivity index (χ4n) is 3.07. The zero-order chi connectivity index (χ0) is 20.8. The number of amides is 2. The third kappa shape index (κ3) is 5.07. The minimum absolute atomic E-state index is 0.102. The Morgan fingerprint density at radius 3 is 2.38 bits per heavy atom. The van der Waals surface area contributed by atoms with Crippen LogP contribution in [0.1, 0.15) is 18.5 Å². The van der Waals surface area contributed by atoms with Crippen molar-refractivity contribution in [2.45, 2.75) is 13.0 Å². The van der Waals surface area contributed by atoms with Crippen molar-refractivity contribution in [2.24, 2.45) is 0 Å². The minimum atomic E-state index is -0.581. The maximum Gasteiger partial charge on any atom is 0.338 e. The van der Waals surface area contributed by atoms with Crippen molar-refractivity contribution in [3.05, 3.63) is 71.4 Å². The Morgan fingerprint density at radius 1 is 1.03 bits per heavy atom. The number of nitrogens with zero attached hydrogens (tertiary/aromatic N) is 1. The smallest absolute Gasteiger partial charge is 0.338 e. The van der Waals surface area contributed by atoms with Crippen molar-refractivity contribution in [1.82, 2.24) is 10.6 Å². The maximum atomic E-state index is 12.8. The number of urea groups is 1. The van der Waals surface area contributed by atoms with Gasteiger partial charge in [-0.2, -0.15) is 0 Å². The van der Waals surface area contributed by atoms with Crippen molar-refractivity contribution in [3.63, 3.8) is 0 Å². The number of benzene rings is 2. The Hall–Kier alpha value is -3.48. The number of hydrogen-bond donors (Lipinski definition) is 2. The van der Waals surface area contributed by atoms with Crippen LogP contribution in [-0.2, 0) is 9.53 Å². The topological polar surface area (TPSA) is 79.9 Å². The second-order valence-electron chi connectivity index (χ2n) is 6.85. The lowest BCUT2D eigenvalue weighted by atomic mass is 9.95. The number of allylic oxidation sites excluding steroid dienone is 1. The molecule has 0 radical (unpaired) electrons. The molecule has 0 bridgehead atoms. The van der Waals surface area contributed by atoms with Gasteiger partial charge in [-0.1, -0.05) is 30.3 Å². The lowest BCUT2D eigenvalue weighted by Crippen LogP contribution is -2.45. The number of carbonyl (C=O) groups excluding carboxylic acids is 2. The van der Waals surface area contributed by atoms with Crippen molar-refractivity contribution in [3.8, 4) is 5.75 Å². The first kappa shape index (κ1) is 20.3. The zero-order valence-corrected chi connectivity index (χ0v) is 16.8. The summed E-state index contributed by atoms with van der Waals surface area (Å²) in [5, 5.41) is 5.45. The molecule has 7 nitrogen and oxygen atoms in total. The van der Waals surface area contributed by atoms with E-state index in [1.54, 1.807) is 6.92 Å². The Kier molecular flexibility index (Phi) is 6.39. The van der Waals surface area contributed by atoms with Crippen molar-refractivity contribution in [2.75, 3.05) is 32.2 Å². The van der Waals surface area contributed by atoms with E-state index in [-0.39, 0.29) is 19.2 Å². The van der Waals surface area contributed by atoms with Gasteiger partial charge in [0.25, 0.3) is 0 Å². The third-order valence-corrected chi connectivity index (χ3v) is 4.56. The molecule has 0 unspecified atom stereocenters. The van der Waals surface area contributed by atoms with E-state index in [0.717, 1.165) is 11.3 Å². The number of hydrogen-bond acceptors (Lipinski definition) is 5. The van der Waals surface area contributed by atoms with E-state index < -0.39 is 12.0 Å². The molecule has 0 spiro atoms. The number of esters is 1. The molecule has 29 heavy (non-hydrogen) atoms.